The van der Waals surface area contributed by atoms with Crippen molar-refractivity contribution in [2.24, 2.45) is 0 Å². The normalized spacial score (nSPS) is 10.4. The van der Waals surface area contributed by atoms with Gasteiger partial charge in [0.25, 0.3) is 0 Å². The highest BCUT2D eigenvalue weighted by Gasteiger charge is 2.17. The Labute approximate surface area is 159 Å². The quantitative estimate of drug-likeness (QED) is 0.519. The maximum absolute atomic E-state index is 12.7. The molecule has 4 nitrogen and oxygen atoms in total. The molecule has 0 aliphatic rings. The smallest absolute Gasteiger partial charge is 0.192 e. The van der Waals surface area contributed by atoms with E-state index in [1.165, 1.54) is 0 Å². The lowest BCUT2D eigenvalue weighted by atomic mass is 10.1. The van der Waals surface area contributed by atoms with Gasteiger partial charge >= 0.3 is 0 Å². The summed E-state index contributed by atoms with van der Waals surface area (Å²) in [6.07, 6.45) is 0. The number of benzene rings is 3. The Morgan fingerprint density at radius 3 is 2.04 bits per heavy atom. The number of rotatable bonds is 9. The van der Waals surface area contributed by atoms with Crippen LogP contribution in [0.3, 0.4) is 0 Å². The van der Waals surface area contributed by atoms with Crippen LogP contribution >= 0.6 is 0 Å². The molecule has 0 bridgehead atoms. The van der Waals surface area contributed by atoms with E-state index in [4.69, 9.17) is 14.2 Å². The van der Waals surface area contributed by atoms with Gasteiger partial charge in [-0.15, -0.1) is 0 Å². The molecule has 0 heterocycles. The van der Waals surface area contributed by atoms with Gasteiger partial charge in [-0.05, 0) is 23.3 Å². The number of carbonyl (C=O) groups excluding carboxylic acids is 1. The van der Waals surface area contributed by atoms with Crippen LogP contribution < -0.4 is 9.47 Å². The van der Waals surface area contributed by atoms with Gasteiger partial charge in [0.05, 0.1) is 19.3 Å². The molecule has 0 aromatic heterocycles. The number of methoxy groups -OCH3 is 1. The summed E-state index contributed by atoms with van der Waals surface area (Å²) in [5.41, 5.74) is 2.50. The molecule has 3 rings (SSSR count). The van der Waals surface area contributed by atoms with Crippen molar-refractivity contribution in [1.82, 2.24) is 0 Å². The van der Waals surface area contributed by atoms with Crippen LogP contribution in [-0.4, -0.2) is 19.5 Å². The predicted molar refractivity (Wildman–Crippen MR) is 104 cm³/mol. The fourth-order valence-electron chi connectivity index (χ4n) is 2.69. The number of para-hydroxylation sites is 1. The van der Waals surface area contributed by atoms with E-state index in [1.54, 1.807) is 25.3 Å². The summed E-state index contributed by atoms with van der Waals surface area (Å²) >= 11 is 0. The van der Waals surface area contributed by atoms with Crippen molar-refractivity contribution in [3.05, 3.63) is 95.6 Å². The van der Waals surface area contributed by atoms with Crippen molar-refractivity contribution in [2.45, 2.75) is 13.2 Å². The first-order valence-electron chi connectivity index (χ1n) is 8.76. The van der Waals surface area contributed by atoms with Crippen LogP contribution in [0.4, 0.5) is 0 Å². The van der Waals surface area contributed by atoms with E-state index >= 15 is 0 Å². The third-order valence-electron chi connectivity index (χ3n) is 4.07. The van der Waals surface area contributed by atoms with Crippen molar-refractivity contribution in [1.29, 1.82) is 0 Å². The number of ether oxygens (including phenoxy) is 3. The molecule has 0 N–H and O–H groups in total. The van der Waals surface area contributed by atoms with Gasteiger partial charge in [-0.3, -0.25) is 4.79 Å². The highest BCUT2D eigenvalue weighted by molar-refractivity contribution is 6.00. The molecule has 0 unspecified atom stereocenters. The van der Waals surface area contributed by atoms with Crippen molar-refractivity contribution < 1.29 is 19.0 Å². The summed E-state index contributed by atoms with van der Waals surface area (Å²) in [7, 11) is 1.56. The minimum Gasteiger partial charge on any atom is -0.493 e. The summed E-state index contributed by atoms with van der Waals surface area (Å²) in [5.74, 6) is 0.824. The Morgan fingerprint density at radius 2 is 1.41 bits per heavy atom. The monoisotopic (exact) mass is 362 g/mol. The number of ketones is 1. The van der Waals surface area contributed by atoms with Gasteiger partial charge in [0, 0.05) is 0 Å². The maximum atomic E-state index is 12.7. The van der Waals surface area contributed by atoms with E-state index < -0.39 is 0 Å². The van der Waals surface area contributed by atoms with E-state index in [1.807, 2.05) is 60.7 Å². The Kier molecular flexibility index (Phi) is 6.61. The van der Waals surface area contributed by atoms with E-state index in [0.29, 0.717) is 30.3 Å². The number of hydrogen-bond acceptors (Lipinski definition) is 4. The second kappa shape index (κ2) is 9.55. The van der Waals surface area contributed by atoms with E-state index in [2.05, 4.69) is 0 Å². The van der Waals surface area contributed by atoms with E-state index in [-0.39, 0.29) is 12.4 Å². The first-order chi connectivity index (χ1) is 13.3. The standard InChI is InChI=1S/C23H22O4/c1-25-22-14-8-13-20(23(22)27-16-19-11-6-3-7-12-19)21(24)17-26-15-18-9-4-2-5-10-18/h2-14H,15-17H2,1H3. The second-order valence-electron chi connectivity index (χ2n) is 6.01. The van der Waals surface area contributed by atoms with Crippen LogP contribution in [0, 0.1) is 0 Å². The number of Topliss-reactive ketones (excluding diaryl/α,β-unsaturated/α-hetero) is 1. The first kappa shape index (κ1) is 18.7. The molecule has 27 heavy (non-hydrogen) atoms. The minimum absolute atomic E-state index is 0.0240. The largest absolute Gasteiger partial charge is 0.493 e. The van der Waals surface area contributed by atoms with E-state index in [9.17, 15) is 4.79 Å². The third kappa shape index (κ3) is 5.19. The molecule has 3 aromatic rings. The summed E-state index contributed by atoms with van der Waals surface area (Å²) < 4.78 is 16.9. The molecular formula is C23H22O4. The number of carbonyl (C=O) groups is 1. The molecule has 0 spiro atoms. The van der Waals surface area contributed by atoms with Crippen LogP contribution in [0.5, 0.6) is 11.5 Å². The predicted octanol–water partition coefficient (Wildman–Crippen LogP) is 4.67. The summed E-state index contributed by atoms with van der Waals surface area (Å²) in [5, 5.41) is 0. The highest BCUT2D eigenvalue weighted by atomic mass is 16.5. The molecule has 3 aromatic carbocycles. The van der Waals surface area contributed by atoms with Crippen molar-refractivity contribution in [3.8, 4) is 11.5 Å². The lowest BCUT2D eigenvalue weighted by Crippen LogP contribution is -2.12. The van der Waals surface area contributed by atoms with Gasteiger partial charge in [0.1, 0.15) is 13.2 Å². The molecule has 0 amide bonds. The maximum Gasteiger partial charge on any atom is 0.192 e. The zero-order chi connectivity index (χ0) is 18.9. The van der Waals surface area contributed by atoms with E-state index in [0.717, 1.165) is 11.1 Å². The molecule has 0 aliphatic heterocycles. The molecule has 0 saturated carbocycles. The molecule has 0 aliphatic carbocycles. The van der Waals surface area contributed by atoms with Gasteiger partial charge in [-0.2, -0.15) is 0 Å². The van der Waals surface area contributed by atoms with Crippen LogP contribution in [-0.2, 0) is 18.0 Å². The molecule has 0 saturated heterocycles. The van der Waals surface area contributed by atoms with Crippen molar-refractivity contribution in [3.63, 3.8) is 0 Å². The SMILES string of the molecule is COc1cccc(C(=O)COCc2ccccc2)c1OCc1ccccc1. The molecule has 0 atom stereocenters. The molecular weight excluding hydrogens is 340 g/mol. The summed E-state index contributed by atoms with van der Waals surface area (Å²) in [4.78, 5) is 12.7. The molecule has 4 heteroatoms. The van der Waals surface area contributed by atoms with Gasteiger partial charge in [-0.1, -0.05) is 66.7 Å². The van der Waals surface area contributed by atoms with Gasteiger partial charge in [0.15, 0.2) is 17.3 Å². The van der Waals surface area contributed by atoms with Crippen LogP contribution in [0.25, 0.3) is 0 Å². The second-order valence-corrected chi connectivity index (χ2v) is 6.01. The van der Waals surface area contributed by atoms with Crippen molar-refractivity contribution >= 4 is 5.78 Å². The zero-order valence-electron chi connectivity index (χ0n) is 15.3. The lowest BCUT2D eigenvalue weighted by molar-refractivity contribution is 0.0722. The minimum atomic E-state index is -0.145. The summed E-state index contributed by atoms with van der Waals surface area (Å²) in [6, 6.07) is 24.8. The molecule has 0 radical (unpaired) electrons. The zero-order valence-corrected chi connectivity index (χ0v) is 15.3. The highest BCUT2D eigenvalue weighted by Crippen LogP contribution is 2.32. The van der Waals surface area contributed by atoms with Crippen LogP contribution in [0.2, 0.25) is 0 Å². The topological polar surface area (TPSA) is 44.8 Å². The fourth-order valence-corrected chi connectivity index (χ4v) is 2.69. The van der Waals surface area contributed by atoms with Gasteiger partial charge in [-0.25, -0.2) is 0 Å². The third-order valence-corrected chi connectivity index (χ3v) is 4.07. The average Bonchev–Trinajstić information content (AvgIpc) is 2.73. The molecule has 138 valence electrons. The first-order valence-corrected chi connectivity index (χ1v) is 8.76. The Hall–Kier alpha value is -3.11. The number of hydrogen-bond donors (Lipinski definition) is 0. The van der Waals surface area contributed by atoms with Crippen LogP contribution in [0.1, 0.15) is 21.5 Å². The fraction of sp³-hybridized carbons (Fsp3) is 0.174. The molecule has 0 fully saturated rings. The van der Waals surface area contributed by atoms with Gasteiger partial charge in [0.2, 0.25) is 0 Å². The average molecular weight is 362 g/mol. The Morgan fingerprint density at radius 1 is 0.778 bits per heavy atom. The van der Waals surface area contributed by atoms with Crippen molar-refractivity contribution in [2.75, 3.05) is 13.7 Å². The summed E-state index contributed by atoms with van der Waals surface area (Å²) in [6.45, 7) is 0.715. The Balaban J connectivity index is 1.68. The van der Waals surface area contributed by atoms with Gasteiger partial charge < -0.3 is 14.2 Å². The van der Waals surface area contributed by atoms with Crippen LogP contribution in [0.15, 0.2) is 78.9 Å². The lowest BCUT2D eigenvalue weighted by Gasteiger charge is -2.15. The Bertz CT molecular complexity index is 860.